The van der Waals surface area contributed by atoms with Crippen LogP contribution in [0.25, 0.3) is 0 Å². The van der Waals surface area contributed by atoms with Crippen molar-refractivity contribution >= 4 is 28.2 Å². The summed E-state index contributed by atoms with van der Waals surface area (Å²) in [7, 11) is -3.20. The van der Waals surface area contributed by atoms with Gasteiger partial charge in [0.1, 0.15) is 0 Å². The molecule has 1 amide bonds. The Morgan fingerprint density at radius 3 is 2.29 bits per heavy atom. The van der Waals surface area contributed by atoms with E-state index in [-0.39, 0.29) is 41.2 Å². The second-order valence-corrected chi connectivity index (χ2v) is 9.02. The van der Waals surface area contributed by atoms with Gasteiger partial charge in [-0.25, -0.2) is 8.42 Å². The first-order chi connectivity index (χ1) is 10.8. The number of rotatable bonds is 4. The number of nitrogens with two attached hydrogens (primary N) is 1. The molecule has 0 aromatic heterocycles. The van der Waals surface area contributed by atoms with E-state index in [4.69, 9.17) is 5.73 Å². The lowest BCUT2D eigenvalue weighted by Crippen LogP contribution is -2.45. The van der Waals surface area contributed by atoms with Gasteiger partial charge in [0.25, 0.3) is 0 Å². The number of halogens is 1. The standard InChI is InChI=1S/C17H24N2O3S.ClH/c1-10(11-5-7-14(8-6-11)23(2,21)22)19-17(20)15-12-3-4-13(9-12)16(15)18;/h5-8,10,12-13,15-16H,3-4,9,18H2,1-2H3,(H,19,20);1H. The number of sulfone groups is 1. The van der Waals surface area contributed by atoms with E-state index in [1.807, 2.05) is 6.92 Å². The third kappa shape index (κ3) is 3.60. The molecule has 0 aliphatic heterocycles. The van der Waals surface area contributed by atoms with Crippen molar-refractivity contribution in [3.05, 3.63) is 29.8 Å². The fourth-order valence-corrected chi connectivity index (χ4v) is 4.75. The molecule has 3 rings (SSSR count). The summed E-state index contributed by atoms with van der Waals surface area (Å²) in [6, 6.07) is 6.48. The smallest absolute Gasteiger partial charge is 0.225 e. The molecule has 0 heterocycles. The maximum Gasteiger partial charge on any atom is 0.225 e. The first-order valence-electron chi connectivity index (χ1n) is 8.13. The number of fused-ring (bicyclic) bond motifs is 2. The summed E-state index contributed by atoms with van der Waals surface area (Å²) in [5.41, 5.74) is 7.11. The molecular weight excluding hydrogens is 348 g/mol. The Morgan fingerprint density at radius 2 is 1.79 bits per heavy atom. The first kappa shape index (κ1) is 19.2. The van der Waals surface area contributed by atoms with Crippen LogP contribution in [0.1, 0.15) is 37.8 Å². The highest BCUT2D eigenvalue weighted by atomic mass is 35.5. The van der Waals surface area contributed by atoms with E-state index in [0.29, 0.717) is 11.8 Å². The molecule has 1 aromatic carbocycles. The van der Waals surface area contributed by atoms with Crippen LogP contribution in [0.15, 0.2) is 29.2 Å². The van der Waals surface area contributed by atoms with Gasteiger partial charge in [-0.05, 0) is 55.7 Å². The number of carbonyl (C=O) groups excluding carboxylic acids is 1. The molecule has 134 valence electrons. The van der Waals surface area contributed by atoms with E-state index in [1.54, 1.807) is 24.3 Å². The number of hydrogen-bond donors (Lipinski definition) is 2. The lowest BCUT2D eigenvalue weighted by molar-refractivity contribution is -0.127. The molecule has 2 aliphatic carbocycles. The summed E-state index contributed by atoms with van der Waals surface area (Å²) < 4.78 is 23.0. The molecule has 24 heavy (non-hydrogen) atoms. The molecule has 5 nitrogen and oxygen atoms in total. The van der Waals surface area contributed by atoms with Gasteiger partial charge >= 0.3 is 0 Å². The lowest BCUT2D eigenvalue weighted by atomic mass is 9.84. The van der Waals surface area contributed by atoms with Crippen LogP contribution in [0.5, 0.6) is 0 Å². The van der Waals surface area contributed by atoms with Crippen LogP contribution < -0.4 is 11.1 Å². The zero-order valence-electron chi connectivity index (χ0n) is 13.9. The molecule has 0 radical (unpaired) electrons. The Labute approximate surface area is 149 Å². The van der Waals surface area contributed by atoms with Gasteiger partial charge in [0.15, 0.2) is 9.84 Å². The van der Waals surface area contributed by atoms with Gasteiger partial charge in [-0.15, -0.1) is 12.4 Å². The van der Waals surface area contributed by atoms with Gasteiger partial charge in [-0.3, -0.25) is 4.79 Å². The van der Waals surface area contributed by atoms with Crippen molar-refractivity contribution in [2.24, 2.45) is 23.5 Å². The summed E-state index contributed by atoms with van der Waals surface area (Å²) in [6.45, 7) is 1.91. The van der Waals surface area contributed by atoms with Crippen LogP contribution in [0.3, 0.4) is 0 Å². The normalized spacial score (nSPS) is 29.8. The Bertz CT molecular complexity index is 703. The zero-order chi connectivity index (χ0) is 16.8. The Kier molecular flexibility index (Phi) is 5.62. The number of amides is 1. The third-order valence-corrected chi connectivity index (χ3v) is 6.58. The fourth-order valence-electron chi connectivity index (χ4n) is 4.12. The Morgan fingerprint density at radius 1 is 1.21 bits per heavy atom. The molecule has 1 aromatic rings. The average molecular weight is 373 g/mol. The maximum absolute atomic E-state index is 12.6. The molecular formula is C17H25ClN2O3S. The van der Waals surface area contributed by atoms with Crippen LogP contribution >= 0.6 is 12.4 Å². The van der Waals surface area contributed by atoms with Gasteiger partial charge in [0.05, 0.1) is 16.9 Å². The molecule has 3 N–H and O–H groups in total. The van der Waals surface area contributed by atoms with Crippen LogP contribution in [-0.4, -0.2) is 26.6 Å². The van der Waals surface area contributed by atoms with Crippen molar-refractivity contribution < 1.29 is 13.2 Å². The van der Waals surface area contributed by atoms with E-state index < -0.39 is 9.84 Å². The van der Waals surface area contributed by atoms with Crippen molar-refractivity contribution in [3.8, 4) is 0 Å². The predicted octanol–water partition coefficient (Wildman–Crippen LogP) is 2.06. The SMILES string of the molecule is CC(NC(=O)C1C2CCC(C2)C1N)c1ccc(S(C)(=O)=O)cc1.Cl. The predicted molar refractivity (Wildman–Crippen MR) is 95.7 cm³/mol. The van der Waals surface area contributed by atoms with E-state index in [0.717, 1.165) is 24.8 Å². The van der Waals surface area contributed by atoms with Gasteiger partial charge in [0.2, 0.25) is 5.91 Å². The minimum absolute atomic E-state index is 0. The number of nitrogens with one attached hydrogen (secondary N) is 1. The second-order valence-electron chi connectivity index (χ2n) is 7.01. The molecule has 5 atom stereocenters. The third-order valence-electron chi connectivity index (χ3n) is 5.45. The molecule has 2 saturated carbocycles. The molecule has 5 unspecified atom stereocenters. The Balaban J connectivity index is 0.00000208. The minimum Gasteiger partial charge on any atom is -0.349 e. The monoisotopic (exact) mass is 372 g/mol. The van der Waals surface area contributed by atoms with E-state index in [2.05, 4.69) is 5.32 Å². The second kappa shape index (κ2) is 7.02. The quantitative estimate of drug-likeness (QED) is 0.846. The fraction of sp³-hybridized carbons (Fsp3) is 0.588. The van der Waals surface area contributed by atoms with Gasteiger partial charge < -0.3 is 11.1 Å². The van der Waals surface area contributed by atoms with E-state index in [1.165, 1.54) is 6.26 Å². The molecule has 2 bridgehead atoms. The van der Waals surface area contributed by atoms with Crippen molar-refractivity contribution in [1.82, 2.24) is 5.32 Å². The van der Waals surface area contributed by atoms with Crippen molar-refractivity contribution in [3.63, 3.8) is 0 Å². The molecule has 0 spiro atoms. The molecule has 0 saturated heterocycles. The summed E-state index contributed by atoms with van der Waals surface area (Å²) in [4.78, 5) is 12.9. The van der Waals surface area contributed by atoms with Gasteiger partial charge in [-0.2, -0.15) is 0 Å². The highest BCUT2D eigenvalue weighted by Crippen LogP contribution is 2.47. The topological polar surface area (TPSA) is 89.3 Å². The van der Waals surface area contributed by atoms with Crippen LogP contribution in [0, 0.1) is 17.8 Å². The first-order valence-corrected chi connectivity index (χ1v) is 10.0. The number of benzene rings is 1. The van der Waals surface area contributed by atoms with Gasteiger partial charge in [-0.1, -0.05) is 12.1 Å². The summed E-state index contributed by atoms with van der Waals surface area (Å²) in [6.07, 6.45) is 4.52. The zero-order valence-corrected chi connectivity index (χ0v) is 15.6. The maximum atomic E-state index is 12.6. The van der Waals surface area contributed by atoms with E-state index in [9.17, 15) is 13.2 Å². The van der Waals surface area contributed by atoms with Crippen LogP contribution in [-0.2, 0) is 14.6 Å². The summed E-state index contributed by atoms with van der Waals surface area (Å²) in [5.74, 6) is 0.880. The van der Waals surface area contributed by atoms with Crippen LogP contribution in [0.2, 0.25) is 0 Å². The molecule has 7 heteroatoms. The molecule has 2 aliphatic rings. The van der Waals surface area contributed by atoms with Crippen LogP contribution in [0.4, 0.5) is 0 Å². The molecule has 2 fully saturated rings. The van der Waals surface area contributed by atoms with Crippen molar-refractivity contribution in [2.45, 2.75) is 43.2 Å². The highest BCUT2D eigenvalue weighted by molar-refractivity contribution is 7.90. The highest BCUT2D eigenvalue weighted by Gasteiger charge is 2.49. The summed E-state index contributed by atoms with van der Waals surface area (Å²) >= 11 is 0. The lowest BCUT2D eigenvalue weighted by Gasteiger charge is -2.28. The minimum atomic E-state index is -3.20. The number of carbonyl (C=O) groups is 1. The van der Waals surface area contributed by atoms with E-state index >= 15 is 0 Å². The van der Waals surface area contributed by atoms with Crippen molar-refractivity contribution in [2.75, 3.05) is 6.26 Å². The van der Waals surface area contributed by atoms with Crippen molar-refractivity contribution in [1.29, 1.82) is 0 Å². The number of hydrogen-bond acceptors (Lipinski definition) is 4. The summed E-state index contributed by atoms with van der Waals surface area (Å²) in [5, 5.41) is 3.04. The Hall–Kier alpha value is -1.11. The van der Waals surface area contributed by atoms with Gasteiger partial charge in [0, 0.05) is 12.3 Å². The average Bonchev–Trinajstić information content (AvgIpc) is 3.07. The largest absolute Gasteiger partial charge is 0.349 e.